The first-order chi connectivity index (χ1) is 13.0. The molecule has 138 valence electrons. The van der Waals surface area contributed by atoms with E-state index >= 15 is 0 Å². The SMILES string of the molecule is CC(C)Cc1ccc2c(c1)sc1c2sc2c3ccc(CC(C)C)cc3sc21. The summed E-state index contributed by atoms with van der Waals surface area (Å²) >= 11 is 5.97. The summed E-state index contributed by atoms with van der Waals surface area (Å²) in [4.78, 5) is 0. The van der Waals surface area contributed by atoms with E-state index in [-0.39, 0.29) is 0 Å². The minimum Gasteiger partial charge on any atom is -0.133 e. The molecule has 0 unspecified atom stereocenters. The average Bonchev–Trinajstić information content (AvgIpc) is 3.21. The number of hydrogen-bond donors (Lipinski definition) is 0. The summed E-state index contributed by atoms with van der Waals surface area (Å²) in [5.41, 5.74) is 2.94. The van der Waals surface area contributed by atoms with Gasteiger partial charge in [0.05, 0.1) is 18.8 Å². The third-order valence-electron chi connectivity index (χ3n) is 5.12. The summed E-state index contributed by atoms with van der Waals surface area (Å²) in [6, 6.07) is 14.2. The molecule has 0 aliphatic carbocycles. The van der Waals surface area contributed by atoms with Crippen LogP contribution in [0, 0.1) is 11.8 Å². The first-order valence-electron chi connectivity index (χ1n) is 9.78. The number of hydrogen-bond acceptors (Lipinski definition) is 3. The molecule has 2 aromatic carbocycles. The van der Waals surface area contributed by atoms with E-state index in [1.165, 1.54) is 62.9 Å². The third-order valence-corrected chi connectivity index (χ3v) is 9.10. The summed E-state index contributed by atoms with van der Waals surface area (Å²) in [6.07, 6.45) is 2.33. The van der Waals surface area contributed by atoms with Gasteiger partial charge in [-0.3, -0.25) is 0 Å². The van der Waals surface area contributed by atoms with Gasteiger partial charge in [0.15, 0.2) is 0 Å². The summed E-state index contributed by atoms with van der Waals surface area (Å²) in [5.74, 6) is 1.41. The van der Waals surface area contributed by atoms with Crippen molar-refractivity contribution in [2.45, 2.75) is 40.5 Å². The average molecular weight is 409 g/mol. The zero-order valence-electron chi connectivity index (χ0n) is 16.3. The second-order valence-corrected chi connectivity index (χ2v) is 11.6. The first kappa shape index (κ1) is 17.7. The third kappa shape index (κ3) is 3.00. The van der Waals surface area contributed by atoms with Gasteiger partial charge in [0.25, 0.3) is 0 Å². The van der Waals surface area contributed by atoms with Crippen LogP contribution in [-0.2, 0) is 12.8 Å². The molecule has 5 aromatic rings. The lowest BCUT2D eigenvalue weighted by Gasteiger charge is -2.04. The van der Waals surface area contributed by atoms with Crippen molar-refractivity contribution >= 4 is 73.0 Å². The van der Waals surface area contributed by atoms with Crippen LogP contribution in [0.3, 0.4) is 0 Å². The molecule has 0 fully saturated rings. The molecular weight excluding hydrogens is 384 g/mol. The van der Waals surface area contributed by atoms with E-state index in [2.05, 4.69) is 64.1 Å². The summed E-state index contributed by atoms with van der Waals surface area (Å²) < 4.78 is 8.88. The maximum absolute atomic E-state index is 2.42. The van der Waals surface area contributed by atoms with Gasteiger partial charge in [0, 0.05) is 20.2 Å². The topological polar surface area (TPSA) is 0 Å². The number of thiophene rings is 3. The molecule has 0 aliphatic heterocycles. The van der Waals surface area contributed by atoms with E-state index in [1.54, 1.807) is 0 Å². The Labute approximate surface area is 172 Å². The summed E-state index contributed by atoms with van der Waals surface area (Å²) in [5, 5.41) is 2.89. The maximum Gasteiger partial charge on any atom is 0.0642 e. The van der Waals surface area contributed by atoms with Crippen LogP contribution in [0.4, 0.5) is 0 Å². The van der Waals surface area contributed by atoms with Crippen molar-refractivity contribution < 1.29 is 0 Å². The van der Waals surface area contributed by atoms with Crippen LogP contribution in [-0.4, -0.2) is 0 Å². The van der Waals surface area contributed by atoms with Crippen LogP contribution in [0.2, 0.25) is 0 Å². The highest BCUT2D eigenvalue weighted by Gasteiger charge is 2.17. The molecule has 27 heavy (non-hydrogen) atoms. The lowest BCUT2D eigenvalue weighted by atomic mass is 10.0. The van der Waals surface area contributed by atoms with Gasteiger partial charge < -0.3 is 0 Å². The van der Waals surface area contributed by atoms with E-state index in [0.717, 1.165) is 0 Å². The molecule has 0 spiro atoms. The van der Waals surface area contributed by atoms with Crippen LogP contribution >= 0.6 is 34.0 Å². The monoisotopic (exact) mass is 408 g/mol. The minimum atomic E-state index is 0.706. The van der Waals surface area contributed by atoms with Gasteiger partial charge in [-0.1, -0.05) is 52.0 Å². The Morgan fingerprint density at radius 3 is 1.44 bits per heavy atom. The van der Waals surface area contributed by atoms with Gasteiger partial charge in [0.1, 0.15) is 0 Å². The predicted octanol–water partition coefficient (Wildman–Crippen LogP) is 8.88. The Bertz CT molecular complexity index is 1180. The van der Waals surface area contributed by atoms with Crippen molar-refractivity contribution in [3.63, 3.8) is 0 Å². The molecular formula is C24H24S3. The van der Waals surface area contributed by atoms with Crippen molar-refractivity contribution in [1.29, 1.82) is 0 Å². The van der Waals surface area contributed by atoms with Crippen LogP contribution in [0.15, 0.2) is 36.4 Å². The zero-order valence-corrected chi connectivity index (χ0v) is 18.7. The Morgan fingerprint density at radius 1 is 0.593 bits per heavy atom. The molecule has 3 aromatic heterocycles. The van der Waals surface area contributed by atoms with Crippen LogP contribution in [0.5, 0.6) is 0 Å². The molecule has 0 N–H and O–H groups in total. The Morgan fingerprint density at radius 2 is 1.04 bits per heavy atom. The summed E-state index contributed by atoms with van der Waals surface area (Å²) in [6.45, 7) is 9.19. The Kier molecular flexibility index (Phi) is 4.30. The van der Waals surface area contributed by atoms with Crippen molar-refractivity contribution in [3.8, 4) is 0 Å². The maximum atomic E-state index is 2.42. The van der Waals surface area contributed by atoms with E-state index < -0.39 is 0 Å². The number of rotatable bonds is 4. The van der Waals surface area contributed by atoms with E-state index in [9.17, 15) is 0 Å². The first-order valence-corrected chi connectivity index (χ1v) is 12.2. The number of benzene rings is 2. The van der Waals surface area contributed by atoms with E-state index in [1.807, 2.05) is 34.0 Å². The lowest BCUT2D eigenvalue weighted by Crippen LogP contribution is -1.92. The fourth-order valence-corrected chi connectivity index (χ4v) is 8.43. The fourth-order valence-electron chi connectivity index (χ4n) is 4.04. The molecule has 0 nitrogen and oxygen atoms in total. The second-order valence-electron chi connectivity index (χ2n) is 8.48. The highest BCUT2D eigenvalue weighted by Crippen LogP contribution is 2.50. The predicted molar refractivity (Wildman–Crippen MR) is 127 cm³/mol. The number of fused-ring (bicyclic) bond motifs is 7. The van der Waals surface area contributed by atoms with Gasteiger partial charge in [-0.05, 0) is 47.9 Å². The quantitative estimate of drug-likeness (QED) is 0.278. The molecule has 0 amide bonds. The van der Waals surface area contributed by atoms with Gasteiger partial charge >= 0.3 is 0 Å². The molecule has 0 saturated carbocycles. The largest absolute Gasteiger partial charge is 0.133 e. The highest BCUT2D eigenvalue weighted by molar-refractivity contribution is 7.43. The Balaban J connectivity index is 1.69. The second kappa shape index (κ2) is 6.58. The van der Waals surface area contributed by atoms with E-state index in [4.69, 9.17) is 0 Å². The molecule has 0 radical (unpaired) electrons. The van der Waals surface area contributed by atoms with Crippen LogP contribution in [0.1, 0.15) is 38.8 Å². The highest BCUT2D eigenvalue weighted by atomic mass is 32.1. The van der Waals surface area contributed by atoms with Crippen LogP contribution < -0.4 is 0 Å². The molecule has 0 atom stereocenters. The Hall–Kier alpha value is -1.42. The normalized spacial score (nSPS) is 12.7. The van der Waals surface area contributed by atoms with Crippen molar-refractivity contribution in [3.05, 3.63) is 47.5 Å². The van der Waals surface area contributed by atoms with Crippen LogP contribution in [0.25, 0.3) is 39.0 Å². The van der Waals surface area contributed by atoms with Crippen molar-refractivity contribution in [1.82, 2.24) is 0 Å². The molecule has 0 saturated heterocycles. The summed E-state index contributed by atoms with van der Waals surface area (Å²) in [7, 11) is 0. The van der Waals surface area contributed by atoms with Gasteiger partial charge in [-0.15, -0.1) is 34.0 Å². The van der Waals surface area contributed by atoms with Crippen molar-refractivity contribution in [2.75, 3.05) is 0 Å². The van der Waals surface area contributed by atoms with Gasteiger partial charge in [-0.25, -0.2) is 0 Å². The van der Waals surface area contributed by atoms with E-state index in [0.29, 0.717) is 11.8 Å². The fraction of sp³-hybridized carbons (Fsp3) is 0.333. The molecule has 3 heteroatoms. The standard InChI is InChI=1S/C24H24S3/c1-13(2)9-15-5-7-17-19(11-15)25-23-21(17)27-22-18-8-6-16(10-14(3)4)12-20(18)26-24(22)23/h5-8,11-14H,9-10H2,1-4H3. The molecule has 3 heterocycles. The van der Waals surface area contributed by atoms with Crippen molar-refractivity contribution in [2.24, 2.45) is 11.8 Å². The zero-order chi connectivity index (χ0) is 18.7. The molecule has 0 bridgehead atoms. The van der Waals surface area contributed by atoms with Gasteiger partial charge in [0.2, 0.25) is 0 Å². The molecule has 5 rings (SSSR count). The smallest absolute Gasteiger partial charge is 0.0642 e. The minimum absolute atomic E-state index is 0.706. The molecule has 0 aliphatic rings. The van der Waals surface area contributed by atoms with Gasteiger partial charge in [-0.2, -0.15) is 0 Å². The lowest BCUT2D eigenvalue weighted by molar-refractivity contribution is 0.647.